The van der Waals surface area contributed by atoms with Gasteiger partial charge in [0.05, 0.1) is 13.1 Å². The van der Waals surface area contributed by atoms with Crippen molar-refractivity contribution in [2.45, 2.75) is 25.8 Å². The molecular weight excluding hydrogens is 400 g/mol. The van der Waals surface area contributed by atoms with Crippen LogP contribution in [0.4, 0.5) is 0 Å². The lowest BCUT2D eigenvalue weighted by Crippen LogP contribution is -3.13. The fourth-order valence-corrected chi connectivity index (χ4v) is 4.63. The van der Waals surface area contributed by atoms with Crippen LogP contribution in [0.2, 0.25) is 0 Å². The zero-order valence-corrected chi connectivity index (χ0v) is 17.0. The Balaban J connectivity index is 1.55. The van der Waals surface area contributed by atoms with Gasteiger partial charge in [-0.25, -0.2) is 9.55 Å². The fourth-order valence-electron chi connectivity index (χ4n) is 4.37. The Bertz CT molecular complexity index is 1070. The summed E-state index contributed by atoms with van der Waals surface area (Å²) in [6.45, 7) is 4.89. The minimum atomic E-state index is 1.05. The highest BCUT2D eigenvalue weighted by Crippen LogP contribution is 2.23. The van der Waals surface area contributed by atoms with Crippen LogP contribution in [-0.2, 0) is 6.54 Å². The van der Waals surface area contributed by atoms with Gasteiger partial charge in [0.15, 0.2) is 0 Å². The van der Waals surface area contributed by atoms with Gasteiger partial charge < -0.3 is 4.90 Å². The molecule has 4 aromatic rings. The lowest BCUT2D eigenvalue weighted by atomic mass is 10.1. The summed E-state index contributed by atoms with van der Waals surface area (Å²) in [6, 6.07) is 17.2. The van der Waals surface area contributed by atoms with Crippen molar-refractivity contribution in [3.8, 4) is 11.3 Å². The first kappa shape index (κ1) is 17.0. The smallest absolute Gasteiger partial charge is 0.332 e. The molecule has 5 rings (SSSR count). The molecule has 0 bridgehead atoms. The van der Waals surface area contributed by atoms with Gasteiger partial charge in [-0.1, -0.05) is 40.2 Å². The minimum Gasteiger partial charge on any atom is -0.332 e. The number of likely N-dealkylation sites (tertiary alicyclic amines) is 1. The normalized spacial score (nSPS) is 15.7. The fraction of sp³-hybridized carbons (Fsp3) is 0.318. The number of H-pyrrole nitrogens is 1. The van der Waals surface area contributed by atoms with Crippen molar-refractivity contribution >= 4 is 32.7 Å². The molecule has 2 aromatic carbocycles. The number of quaternary nitrogens is 1. The standard InChI is InChI=1S/C22H23BrN4/c23-18-10-8-17(9-11-18)19-16-27-21-7-3-2-6-20(21)26(22(27)24-19)15-14-25-12-4-1-5-13-25/h2-3,6-11,16H,1,4-5,12-15H2/p+2. The number of aromatic nitrogens is 3. The molecule has 0 radical (unpaired) electrons. The number of benzene rings is 2. The lowest BCUT2D eigenvalue weighted by molar-refractivity contribution is -0.920. The van der Waals surface area contributed by atoms with Crippen molar-refractivity contribution in [2.24, 2.45) is 0 Å². The molecule has 2 aromatic heterocycles. The van der Waals surface area contributed by atoms with Crippen LogP contribution in [0.25, 0.3) is 28.1 Å². The van der Waals surface area contributed by atoms with Crippen LogP contribution in [-0.4, -0.2) is 29.0 Å². The van der Waals surface area contributed by atoms with Gasteiger partial charge in [0.1, 0.15) is 36.0 Å². The lowest BCUT2D eigenvalue weighted by Gasteiger charge is -2.22. The molecule has 0 saturated carbocycles. The molecule has 1 aliphatic rings. The number of halogens is 1. The van der Waals surface area contributed by atoms with Gasteiger partial charge in [-0.3, -0.25) is 0 Å². The zero-order valence-electron chi connectivity index (χ0n) is 15.4. The van der Waals surface area contributed by atoms with Gasteiger partial charge in [0, 0.05) is 10.0 Å². The highest BCUT2D eigenvalue weighted by Gasteiger charge is 2.23. The Kier molecular flexibility index (Phi) is 4.50. The van der Waals surface area contributed by atoms with Crippen LogP contribution >= 0.6 is 15.9 Å². The molecule has 138 valence electrons. The van der Waals surface area contributed by atoms with Crippen molar-refractivity contribution in [1.82, 2.24) is 9.38 Å². The van der Waals surface area contributed by atoms with Gasteiger partial charge in [-0.15, -0.1) is 0 Å². The second-order valence-corrected chi connectivity index (χ2v) is 8.48. The van der Waals surface area contributed by atoms with Gasteiger partial charge in [-0.05, 0) is 43.5 Å². The van der Waals surface area contributed by atoms with E-state index in [1.807, 2.05) is 0 Å². The van der Waals surface area contributed by atoms with Crippen LogP contribution < -0.4 is 9.47 Å². The average Bonchev–Trinajstić information content (AvgIpc) is 3.26. The second-order valence-electron chi connectivity index (χ2n) is 7.57. The van der Waals surface area contributed by atoms with Gasteiger partial charge in [0.2, 0.25) is 0 Å². The number of para-hydroxylation sites is 2. The third kappa shape index (κ3) is 3.19. The Morgan fingerprint density at radius 3 is 2.59 bits per heavy atom. The highest BCUT2D eigenvalue weighted by atomic mass is 79.9. The molecule has 0 unspecified atom stereocenters. The number of nitrogens with zero attached hydrogens (tertiary/aromatic N) is 2. The highest BCUT2D eigenvalue weighted by molar-refractivity contribution is 9.10. The number of fused-ring (bicyclic) bond motifs is 3. The monoisotopic (exact) mass is 424 g/mol. The Labute approximate surface area is 167 Å². The molecule has 0 atom stereocenters. The molecule has 1 saturated heterocycles. The summed E-state index contributed by atoms with van der Waals surface area (Å²) in [4.78, 5) is 5.43. The molecule has 4 nitrogen and oxygen atoms in total. The van der Waals surface area contributed by atoms with Gasteiger partial charge >= 0.3 is 5.78 Å². The molecule has 0 aliphatic carbocycles. The molecular formula is C22H25BrN4+2. The summed E-state index contributed by atoms with van der Waals surface area (Å²) in [5, 5.41) is 0. The van der Waals surface area contributed by atoms with E-state index in [2.05, 4.69) is 84.6 Å². The average molecular weight is 425 g/mol. The molecule has 0 amide bonds. The second kappa shape index (κ2) is 7.13. The van der Waals surface area contributed by atoms with Crippen LogP contribution in [0.15, 0.2) is 59.2 Å². The van der Waals surface area contributed by atoms with E-state index in [1.165, 1.54) is 61.3 Å². The van der Waals surface area contributed by atoms with Crippen molar-refractivity contribution < 1.29 is 9.47 Å². The maximum absolute atomic E-state index is 3.68. The number of aromatic amines is 1. The summed E-state index contributed by atoms with van der Waals surface area (Å²) < 4.78 is 5.87. The molecule has 3 heterocycles. The summed E-state index contributed by atoms with van der Waals surface area (Å²) in [7, 11) is 0. The number of nitrogens with one attached hydrogen (secondary N) is 2. The number of rotatable bonds is 4. The van der Waals surface area contributed by atoms with E-state index < -0.39 is 0 Å². The van der Waals surface area contributed by atoms with Crippen LogP contribution in [0, 0.1) is 0 Å². The Morgan fingerprint density at radius 2 is 1.78 bits per heavy atom. The number of hydrogen-bond donors (Lipinski definition) is 2. The maximum Gasteiger partial charge on any atom is 0.368 e. The summed E-state index contributed by atoms with van der Waals surface area (Å²) in [6.07, 6.45) is 6.39. The summed E-state index contributed by atoms with van der Waals surface area (Å²) >= 11 is 3.53. The summed E-state index contributed by atoms with van der Waals surface area (Å²) in [5.41, 5.74) is 4.93. The van der Waals surface area contributed by atoms with Crippen LogP contribution in [0.1, 0.15) is 19.3 Å². The quantitative estimate of drug-likeness (QED) is 0.471. The van der Waals surface area contributed by atoms with Crippen LogP contribution in [0.5, 0.6) is 0 Å². The number of piperidine rings is 1. The van der Waals surface area contributed by atoms with Gasteiger partial charge in [0.25, 0.3) is 0 Å². The summed E-state index contributed by atoms with van der Waals surface area (Å²) in [5.74, 6) is 1.17. The van der Waals surface area contributed by atoms with E-state index in [1.54, 1.807) is 4.90 Å². The van der Waals surface area contributed by atoms with E-state index in [0.717, 1.165) is 16.7 Å². The molecule has 27 heavy (non-hydrogen) atoms. The predicted molar refractivity (Wildman–Crippen MR) is 112 cm³/mol. The number of hydrogen-bond acceptors (Lipinski definition) is 0. The first-order valence-electron chi connectivity index (χ1n) is 9.91. The predicted octanol–water partition coefficient (Wildman–Crippen LogP) is 3.21. The topological polar surface area (TPSA) is 28.5 Å². The van der Waals surface area contributed by atoms with E-state index in [4.69, 9.17) is 0 Å². The minimum absolute atomic E-state index is 1.05. The van der Waals surface area contributed by atoms with Crippen molar-refractivity contribution in [3.05, 3.63) is 59.2 Å². The third-order valence-corrected chi connectivity index (χ3v) is 6.35. The SMILES string of the molecule is Brc1ccc(-c2cn3c4ccccc4[n+](CC[NH+]4CCCCC4)c3[nH]2)cc1. The van der Waals surface area contributed by atoms with Crippen molar-refractivity contribution in [1.29, 1.82) is 0 Å². The first-order chi connectivity index (χ1) is 13.3. The van der Waals surface area contributed by atoms with E-state index in [9.17, 15) is 0 Å². The largest absolute Gasteiger partial charge is 0.368 e. The molecule has 2 N–H and O–H groups in total. The molecule has 5 heteroatoms. The Hall–Kier alpha value is -2.11. The van der Waals surface area contributed by atoms with E-state index >= 15 is 0 Å². The first-order valence-corrected chi connectivity index (χ1v) is 10.7. The van der Waals surface area contributed by atoms with Crippen LogP contribution in [0.3, 0.4) is 0 Å². The van der Waals surface area contributed by atoms with Crippen molar-refractivity contribution in [2.75, 3.05) is 19.6 Å². The van der Waals surface area contributed by atoms with E-state index in [0.29, 0.717) is 0 Å². The molecule has 0 spiro atoms. The Morgan fingerprint density at radius 1 is 1.00 bits per heavy atom. The van der Waals surface area contributed by atoms with Crippen molar-refractivity contribution in [3.63, 3.8) is 0 Å². The molecule has 1 fully saturated rings. The number of imidazole rings is 2. The van der Waals surface area contributed by atoms with E-state index in [-0.39, 0.29) is 0 Å². The third-order valence-electron chi connectivity index (χ3n) is 5.83. The maximum atomic E-state index is 3.68. The molecule has 1 aliphatic heterocycles. The zero-order chi connectivity index (χ0) is 18.2. The van der Waals surface area contributed by atoms with Gasteiger partial charge in [-0.2, -0.15) is 4.40 Å².